The number of aliphatic carboxylic acids is 1. The zero-order valence-electron chi connectivity index (χ0n) is 24.4. The normalized spacial score (nSPS) is 11.1. The fraction of sp³-hybridized carbons (Fsp3) is 0.906. The summed E-state index contributed by atoms with van der Waals surface area (Å²) in [6.45, 7) is 2.28. The molecule has 0 aromatic carbocycles. The highest BCUT2D eigenvalue weighted by molar-refractivity contribution is 5.85. The molecule has 0 amide bonds. The minimum absolute atomic E-state index is 0.230. The molecule has 0 atom stereocenters. The third-order valence-electron chi connectivity index (χ3n) is 7.23. The average Bonchev–Trinajstić information content (AvgIpc) is 2.86. The summed E-state index contributed by atoms with van der Waals surface area (Å²) >= 11 is 0. The number of ether oxygens (including phenoxy) is 1. The third-order valence-corrected chi connectivity index (χ3v) is 7.23. The van der Waals surface area contributed by atoms with E-state index in [9.17, 15) is 14.4 Å². The largest absolute Gasteiger partial charge is 0.481 e. The maximum absolute atomic E-state index is 11.8. The Morgan fingerprint density at radius 1 is 0.405 bits per heavy atom. The first kappa shape index (κ1) is 35.6. The quantitative estimate of drug-likeness (QED) is 0.0598. The van der Waals surface area contributed by atoms with E-state index in [2.05, 4.69) is 6.92 Å². The Kier molecular flexibility index (Phi) is 28.1. The summed E-state index contributed by atoms with van der Waals surface area (Å²) in [6.07, 6.45) is 31.2. The predicted molar refractivity (Wildman–Crippen MR) is 154 cm³/mol. The van der Waals surface area contributed by atoms with Crippen LogP contribution in [-0.4, -0.2) is 23.0 Å². The fourth-order valence-electron chi connectivity index (χ4n) is 4.83. The van der Waals surface area contributed by atoms with Crippen molar-refractivity contribution in [2.24, 2.45) is 0 Å². The molecular formula is C32H60O5. The van der Waals surface area contributed by atoms with Gasteiger partial charge in [0.25, 0.3) is 0 Å². The molecule has 0 radical (unpaired) electrons. The zero-order chi connectivity index (χ0) is 27.2. The molecule has 0 aromatic heterocycles. The van der Waals surface area contributed by atoms with Crippen molar-refractivity contribution in [1.29, 1.82) is 0 Å². The first-order chi connectivity index (χ1) is 18.1. The minimum Gasteiger partial charge on any atom is -0.481 e. The van der Waals surface area contributed by atoms with E-state index < -0.39 is 11.9 Å². The molecule has 0 bridgehead atoms. The molecule has 5 nitrogen and oxygen atoms in total. The van der Waals surface area contributed by atoms with Crippen molar-refractivity contribution in [3.8, 4) is 0 Å². The number of esters is 2. The van der Waals surface area contributed by atoms with Crippen molar-refractivity contribution in [1.82, 2.24) is 0 Å². The minimum atomic E-state index is -0.743. The number of carbonyl (C=O) groups excluding carboxylic acids is 2. The highest BCUT2D eigenvalue weighted by Crippen LogP contribution is 2.15. The molecule has 5 heteroatoms. The second kappa shape index (κ2) is 29.2. The second-order valence-electron chi connectivity index (χ2n) is 11.0. The lowest BCUT2D eigenvalue weighted by Gasteiger charge is -2.05. The molecular weight excluding hydrogens is 464 g/mol. The molecule has 0 fully saturated rings. The van der Waals surface area contributed by atoms with Crippen LogP contribution in [0.1, 0.15) is 187 Å². The lowest BCUT2D eigenvalue weighted by Crippen LogP contribution is -2.11. The summed E-state index contributed by atoms with van der Waals surface area (Å²) in [6, 6.07) is 0. The highest BCUT2D eigenvalue weighted by atomic mass is 16.6. The van der Waals surface area contributed by atoms with E-state index in [1.165, 1.54) is 103 Å². The monoisotopic (exact) mass is 524 g/mol. The van der Waals surface area contributed by atoms with E-state index in [4.69, 9.17) is 9.84 Å². The van der Waals surface area contributed by atoms with Crippen molar-refractivity contribution in [2.45, 2.75) is 187 Å². The van der Waals surface area contributed by atoms with E-state index in [1.54, 1.807) is 0 Å². The van der Waals surface area contributed by atoms with E-state index in [-0.39, 0.29) is 12.4 Å². The number of carboxylic acid groups (broad SMARTS) is 1. The van der Waals surface area contributed by atoms with Crippen LogP contribution in [-0.2, 0) is 19.1 Å². The number of carboxylic acids is 1. The van der Waals surface area contributed by atoms with E-state index >= 15 is 0 Å². The lowest BCUT2D eigenvalue weighted by molar-refractivity contribution is -0.159. The van der Waals surface area contributed by atoms with Crippen molar-refractivity contribution in [2.75, 3.05) is 0 Å². The van der Waals surface area contributed by atoms with Crippen LogP contribution in [0.2, 0.25) is 0 Å². The SMILES string of the molecule is CCCCCCCCCCCCCCCCCCCCCC(=O)OC(=O)CCCCCCCCC(=O)O. The molecule has 0 rings (SSSR count). The molecule has 218 valence electrons. The van der Waals surface area contributed by atoms with E-state index in [1.807, 2.05) is 0 Å². The maximum atomic E-state index is 11.8. The standard InChI is InChI=1S/C32H60O5/c1-2-3-4-5-6-7-8-9-10-11-12-13-14-15-16-17-18-22-25-28-31(35)37-32(36)29-26-23-20-19-21-24-27-30(33)34/h2-29H2,1H3,(H,33,34). The average molecular weight is 525 g/mol. The Hall–Kier alpha value is -1.39. The van der Waals surface area contributed by atoms with Gasteiger partial charge in [0.1, 0.15) is 0 Å². The highest BCUT2D eigenvalue weighted by Gasteiger charge is 2.10. The number of hydrogen-bond acceptors (Lipinski definition) is 4. The van der Waals surface area contributed by atoms with Gasteiger partial charge in [0.05, 0.1) is 0 Å². The van der Waals surface area contributed by atoms with Gasteiger partial charge in [0.15, 0.2) is 0 Å². The Morgan fingerprint density at radius 3 is 0.919 bits per heavy atom. The number of unbranched alkanes of at least 4 members (excludes halogenated alkanes) is 23. The van der Waals surface area contributed by atoms with E-state index in [0.29, 0.717) is 19.3 Å². The van der Waals surface area contributed by atoms with Gasteiger partial charge in [0, 0.05) is 19.3 Å². The smallest absolute Gasteiger partial charge is 0.313 e. The van der Waals surface area contributed by atoms with Crippen molar-refractivity contribution in [3.05, 3.63) is 0 Å². The van der Waals surface area contributed by atoms with Crippen LogP contribution in [0.5, 0.6) is 0 Å². The van der Waals surface area contributed by atoms with Gasteiger partial charge in [0.2, 0.25) is 0 Å². The Bertz CT molecular complexity index is 531. The number of rotatable bonds is 29. The first-order valence-electron chi connectivity index (χ1n) is 16.0. The Morgan fingerprint density at radius 2 is 0.649 bits per heavy atom. The van der Waals surface area contributed by atoms with Gasteiger partial charge >= 0.3 is 17.9 Å². The van der Waals surface area contributed by atoms with Crippen LogP contribution < -0.4 is 0 Å². The molecule has 0 aromatic rings. The molecule has 0 spiro atoms. The molecule has 0 aliphatic carbocycles. The summed E-state index contributed by atoms with van der Waals surface area (Å²) in [5.41, 5.74) is 0. The summed E-state index contributed by atoms with van der Waals surface area (Å²) in [5, 5.41) is 8.59. The molecule has 0 aliphatic heterocycles. The summed E-state index contributed by atoms with van der Waals surface area (Å²) in [7, 11) is 0. The molecule has 1 N–H and O–H groups in total. The molecule has 37 heavy (non-hydrogen) atoms. The van der Waals surface area contributed by atoms with E-state index in [0.717, 1.165) is 51.4 Å². The fourth-order valence-corrected chi connectivity index (χ4v) is 4.83. The Labute approximate surface area is 228 Å². The summed E-state index contributed by atoms with van der Waals surface area (Å²) < 4.78 is 4.92. The zero-order valence-corrected chi connectivity index (χ0v) is 24.4. The molecule has 0 heterocycles. The molecule has 0 unspecified atom stereocenters. The van der Waals surface area contributed by atoms with Gasteiger partial charge < -0.3 is 9.84 Å². The first-order valence-corrected chi connectivity index (χ1v) is 16.0. The lowest BCUT2D eigenvalue weighted by atomic mass is 10.0. The van der Waals surface area contributed by atoms with Gasteiger partial charge in [-0.3, -0.25) is 14.4 Å². The van der Waals surface area contributed by atoms with Crippen molar-refractivity contribution in [3.63, 3.8) is 0 Å². The van der Waals surface area contributed by atoms with Gasteiger partial charge in [-0.05, 0) is 19.3 Å². The van der Waals surface area contributed by atoms with Crippen LogP contribution in [0, 0.1) is 0 Å². The topological polar surface area (TPSA) is 80.7 Å². The van der Waals surface area contributed by atoms with Gasteiger partial charge in [-0.15, -0.1) is 0 Å². The summed E-state index contributed by atoms with van der Waals surface area (Å²) in [4.78, 5) is 34.0. The van der Waals surface area contributed by atoms with Gasteiger partial charge in [-0.25, -0.2) is 0 Å². The van der Waals surface area contributed by atoms with Crippen molar-refractivity contribution < 1.29 is 24.2 Å². The third kappa shape index (κ3) is 30.7. The van der Waals surface area contributed by atoms with Gasteiger partial charge in [-0.1, -0.05) is 148 Å². The predicted octanol–water partition coefficient (Wildman–Crippen LogP) is 10.1. The second-order valence-corrected chi connectivity index (χ2v) is 11.0. The molecule has 0 saturated carbocycles. The van der Waals surface area contributed by atoms with Crippen molar-refractivity contribution >= 4 is 17.9 Å². The number of hydrogen-bond donors (Lipinski definition) is 1. The molecule has 0 aliphatic rings. The van der Waals surface area contributed by atoms with Crippen LogP contribution in [0.25, 0.3) is 0 Å². The summed E-state index contributed by atoms with van der Waals surface area (Å²) in [5.74, 6) is -1.54. The molecule has 0 saturated heterocycles. The number of carbonyl (C=O) groups is 3. The van der Waals surface area contributed by atoms with Crippen LogP contribution >= 0.6 is 0 Å². The van der Waals surface area contributed by atoms with Crippen LogP contribution in [0.4, 0.5) is 0 Å². The maximum Gasteiger partial charge on any atom is 0.313 e. The van der Waals surface area contributed by atoms with Gasteiger partial charge in [-0.2, -0.15) is 0 Å². The van der Waals surface area contributed by atoms with Crippen LogP contribution in [0.3, 0.4) is 0 Å². The van der Waals surface area contributed by atoms with Crippen LogP contribution in [0.15, 0.2) is 0 Å². The Balaban J connectivity index is 3.27.